The summed E-state index contributed by atoms with van der Waals surface area (Å²) in [5, 5.41) is 10.2. The molecule has 0 amide bonds. The number of hydrogen-bond acceptors (Lipinski definition) is 5. The monoisotopic (exact) mass is 304 g/mol. The Hall–Kier alpha value is -2.54. The van der Waals surface area contributed by atoms with Crippen molar-refractivity contribution in [2.45, 2.75) is 6.54 Å². The number of aromatic nitrogens is 5. The van der Waals surface area contributed by atoms with Crippen molar-refractivity contribution >= 4 is 17.4 Å². The highest BCUT2D eigenvalue weighted by molar-refractivity contribution is 6.29. The van der Waals surface area contributed by atoms with Gasteiger partial charge in [-0.25, -0.2) is 14.4 Å². The van der Waals surface area contributed by atoms with Crippen LogP contribution in [0.3, 0.4) is 0 Å². The molecule has 0 saturated carbocycles. The van der Waals surface area contributed by atoms with Crippen molar-refractivity contribution in [1.29, 1.82) is 0 Å². The molecule has 3 aromatic rings. The Labute approximate surface area is 124 Å². The van der Waals surface area contributed by atoms with Crippen LogP contribution in [0.25, 0.3) is 11.4 Å². The van der Waals surface area contributed by atoms with Gasteiger partial charge in [-0.3, -0.25) is 10.1 Å². The number of rotatable bonds is 4. The Morgan fingerprint density at radius 1 is 1.14 bits per heavy atom. The first-order chi connectivity index (χ1) is 10.2. The summed E-state index contributed by atoms with van der Waals surface area (Å²) in [6.07, 6.45) is 3.01. The number of benzene rings is 1. The van der Waals surface area contributed by atoms with Gasteiger partial charge < -0.3 is 5.32 Å². The van der Waals surface area contributed by atoms with Crippen molar-refractivity contribution in [1.82, 2.24) is 25.1 Å². The van der Waals surface area contributed by atoms with Crippen LogP contribution in [0.2, 0.25) is 5.15 Å². The number of halogens is 2. The number of H-pyrrole nitrogens is 1. The molecule has 8 heteroatoms. The average molecular weight is 305 g/mol. The zero-order valence-electron chi connectivity index (χ0n) is 10.7. The third kappa shape index (κ3) is 3.32. The first-order valence-corrected chi connectivity index (χ1v) is 6.47. The number of nitrogens with one attached hydrogen (secondary N) is 2. The molecule has 1 aromatic carbocycles. The van der Waals surface area contributed by atoms with Crippen LogP contribution < -0.4 is 5.32 Å². The second-order valence-corrected chi connectivity index (χ2v) is 4.58. The molecular weight excluding hydrogens is 295 g/mol. The third-order valence-corrected chi connectivity index (χ3v) is 2.86. The highest BCUT2D eigenvalue weighted by atomic mass is 35.5. The first kappa shape index (κ1) is 13.4. The van der Waals surface area contributed by atoms with Gasteiger partial charge in [0, 0.05) is 5.56 Å². The van der Waals surface area contributed by atoms with E-state index in [1.807, 2.05) is 0 Å². The van der Waals surface area contributed by atoms with Crippen molar-refractivity contribution in [2.24, 2.45) is 0 Å². The van der Waals surface area contributed by atoms with Crippen LogP contribution in [0.5, 0.6) is 0 Å². The summed E-state index contributed by atoms with van der Waals surface area (Å²) in [6, 6.07) is 5.98. The van der Waals surface area contributed by atoms with Gasteiger partial charge in [0.2, 0.25) is 0 Å². The summed E-state index contributed by atoms with van der Waals surface area (Å²) in [5.74, 6) is 1.37. The van der Waals surface area contributed by atoms with Crippen LogP contribution in [0.15, 0.2) is 36.7 Å². The van der Waals surface area contributed by atoms with Crippen molar-refractivity contribution < 1.29 is 4.39 Å². The van der Waals surface area contributed by atoms with Gasteiger partial charge in [-0.2, -0.15) is 5.10 Å². The van der Waals surface area contributed by atoms with Gasteiger partial charge in [0.15, 0.2) is 5.82 Å². The molecule has 0 atom stereocenters. The molecule has 0 aliphatic rings. The highest BCUT2D eigenvalue weighted by Gasteiger charge is 2.06. The molecule has 0 fully saturated rings. The normalized spacial score (nSPS) is 10.6. The molecule has 0 unspecified atom stereocenters. The molecule has 106 valence electrons. The lowest BCUT2D eigenvalue weighted by Crippen LogP contribution is -2.03. The second kappa shape index (κ2) is 5.84. The standard InChI is InChI=1S/C13H10ClFN6/c14-10-5-16-6-11(18-10)17-7-12-19-13(21-20-12)8-1-3-9(15)4-2-8/h1-6H,7H2,(H,17,18)(H,19,20,21). The molecule has 0 spiro atoms. The lowest BCUT2D eigenvalue weighted by atomic mass is 10.2. The van der Waals surface area contributed by atoms with E-state index in [-0.39, 0.29) is 5.82 Å². The highest BCUT2D eigenvalue weighted by Crippen LogP contribution is 2.15. The van der Waals surface area contributed by atoms with Crippen LogP contribution in [0, 0.1) is 5.82 Å². The third-order valence-electron chi connectivity index (χ3n) is 2.68. The largest absolute Gasteiger partial charge is 0.361 e. The molecule has 0 bridgehead atoms. The van der Waals surface area contributed by atoms with E-state index in [9.17, 15) is 4.39 Å². The van der Waals surface area contributed by atoms with E-state index < -0.39 is 0 Å². The minimum atomic E-state index is -0.296. The van der Waals surface area contributed by atoms with Gasteiger partial charge in [-0.05, 0) is 24.3 Å². The van der Waals surface area contributed by atoms with Crippen molar-refractivity contribution in [3.05, 3.63) is 53.5 Å². The van der Waals surface area contributed by atoms with E-state index in [4.69, 9.17) is 11.6 Å². The molecule has 21 heavy (non-hydrogen) atoms. The molecular formula is C13H10ClFN6. The number of hydrogen-bond donors (Lipinski definition) is 2. The summed E-state index contributed by atoms with van der Waals surface area (Å²) >= 11 is 5.74. The van der Waals surface area contributed by atoms with Gasteiger partial charge in [-0.1, -0.05) is 11.6 Å². The fourth-order valence-electron chi connectivity index (χ4n) is 1.70. The molecule has 6 nitrogen and oxygen atoms in total. The molecule has 3 rings (SSSR count). The smallest absolute Gasteiger partial charge is 0.181 e. The summed E-state index contributed by atoms with van der Waals surface area (Å²) in [5.41, 5.74) is 0.737. The molecule has 0 saturated heterocycles. The average Bonchev–Trinajstić information content (AvgIpc) is 2.95. The van der Waals surface area contributed by atoms with Crippen LogP contribution in [0.1, 0.15) is 5.82 Å². The maximum absolute atomic E-state index is 12.9. The Balaban J connectivity index is 1.69. The van der Waals surface area contributed by atoms with Crippen molar-refractivity contribution in [3.63, 3.8) is 0 Å². The minimum absolute atomic E-state index is 0.296. The Morgan fingerprint density at radius 3 is 2.71 bits per heavy atom. The quantitative estimate of drug-likeness (QED) is 0.774. The second-order valence-electron chi connectivity index (χ2n) is 4.19. The summed E-state index contributed by atoms with van der Waals surface area (Å²) in [7, 11) is 0. The van der Waals surface area contributed by atoms with E-state index in [1.165, 1.54) is 18.3 Å². The van der Waals surface area contributed by atoms with E-state index in [0.717, 1.165) is 5.56 Å². The topological polar surface area (TPSA) is 79.4 Å². The van der Waals surface area contributed by atoms with Crippen molar-refractivity contribution in [2.75, 3.05) is 5.32 Å². The Morgan fingerprint density at radius 2 is 1.95 bits per heavy atom. The Kier molecular flexibility index (Phi) is 3.74. The van der Waals surface area contributed by atoms with Gasteiger partial charge in [0.25, 0.3) is 0 Å². The lowest BCUT2D eigenvalue weighted by molar-refractivity contribution is 0.628. The van der Waals surface area contributed by atoms with E-state index >= 15 is 0 Å². The maximum atomic E-state index is 12.9. The predicted molar refractivity (Wildman–Crippen MR) is 76.1 cm³/mol. The fraction of sp³-hybridized carbons (Fsp3) is 0.0769. The summed E-state index contributed by atoms with van der Waals surface area (Å²) < 4.78 is 12.9. The molecule has 2 heterocycles. The zero-order chi connectivity index (χ0) is 14.7. The van der Waals surface area contributed by atoms with Crippen LogP contribution in [-0.2, 0) is 6.54 Å². The minimum Gasteiger partial charge on any atom is -0.361 e. The van der Waals surface area contributed by atoms with E-state index in [2.05, 4.69) is 30.5 Å². The summed E-state index contributed by atoms with van der Waals surface area (Å²) in [6.45, 7) is 0.392. The molecule has 0 aliphatic carbocycles. The molecule has 2 N–H and O–H groups in total. The predicted octanol–water partition coefficient (Wildman–Crippen LogP) is 2.67. The van der Waals surface area contributed by atoms with Gasteiger partial charge in [-0.15, -0.1) is 0 Å². The van der Waals surface area contributed by atoms with Crippen LogP contribution >= 0.6 is 11.6 Å². The lowest BCUT2D eigenvalue weighted by Gasteiger charge is -2.01. The number of aromatic amines is 1. The van der Waals surface area contributed by atoms with Gasteiger partial charge in [0.1, 0.15) is 22.6 Å². The number of anilines is 1. The Bertz CT molecular complexity index is 742. The SMILES string of the molecule is Fc1ccc(-c2n[nH]c(CNc3cncc(Cl)n3)n2)cc1. The maximum Gasteiger partial charge on any atom is 0.181 e. The van der Waals surface area contributed by atoms with Gasteiger partial charge in [0.05, 0.1) is 18.9 Å². The molecule has 0 radical (unpaired) electrons. The zero-order valence-corrected chi connectivity index (χ0v) is 11.5. The molecule has 0 aliphatic heterocycles. The summed E-state index contributed by atoms with van der Waals surface area (Å²) in [4.78, 5) is 12.3. The van der Waals surface area contributed by atoms with Crippen LogP contribution in [-0.4, -0.2) is 25.1 Å². The van der Waals surface area contributed by atoms with Gasteiger partial charge >= 0.3 is 0 Å². The fourth-order valence-corrected chi connectivity index (χ4v) is 1.85. The molecule has 2 aromatic heterocycles. The van der Waals surface area contributed by atoms with Crippen molar-refractivity contribution in [3.8, 4) is 11.4 Å². The number of nitrogens with zero attached hydrogens (tertiary/aromatic N) is 4. The van der Waals surface area contributed by atoms with E-state index in [0.29, 0.717) is 29.2 Å². The van der Waals surface area contributed by atoms with E-state index in [1.54, 1.807) is 18.3 Å². The first-order valence-electron chi connectivity index (χ1n) is 6.09. The van der Waals surface area contributed by atoms with Crippen LogP contribution in [0.4, 0.5) is 10.2 Å².